The Balaban J connectivity index is 1.77. The van der Waals surface area contributed by atoms with Crippen molar-refractivity contribution in [2.75, 3.05) is 7.11 Å². The summed E-state index contributed by atoms with van der Waals surface area (Å²) >= 11 is 6.46. The summed E-state index contributed by atoms with van der Waals surface area (Å²) in [6.45, 7) is 0. The number of halogens is 1. The number of methoxy groups -OCH3 is 1. The van der Waals surface area contributed by atoms with Crippen LogP contribution in [0.1, 0.15) is 42.5 Å². The molecule has 0 saturated carbocycles. The highest BCUT2D eigenvalue weighted by atomic mass is 35.5. The van der Waals surface area contributed by atoms with Gasteiger partial charge in [-0.1, -0.05) is 18.2 Å². The molecule has 2 bridgehead atoms. The van der Waals surface area contributed by atoms with Crippen LogP contribution in [0, 0.1) is 5.92 Å². The molecule has 0 aliphatic carbocycles. The fourth-order valence-corrected chi connectivity index (χ4v) is 4.77. The summed E-state index contributed by atoms with van der Waals surface area (Å²) in [5, 5.41) is 0. The molecule has 2 saturated heterocycles. The molecule has 3 rings (SSSR count). The Hall–Kier alpha value is -2.25. The minimum atomic E-state index is -1.25. The Morgan fingerprint density at radius 2 is 1.96 bits per heavy atom. The summed E-state index contributed by atoms with van der Waals surface area (Å²) in [6, 6.07) is 8.20. The number of rotatable bonds is 7. The normalized spacial score (nSPS) is 27.6. The number of fused-ring (bicyclic) bond motifs is 2. The van der Waals surface area contributed by atoms with Gasteiger partial charge in [0.05, 0.1) is 25.0 Å². The Kier molecular flexibility index (Phi) is 6.15. The van der Waals surface area contributed by atoms with Crippen molar-refractivity contribution in [1.29, 1.82) is 0 Å². The van der Waals surface area contributed by atoms with Crippen LogP contribution in [0.2, 0.25) is 0 Å². The number of nitrogens with zero attached hydrogens (tertiary/aromatic N) is 1. The van der Waals surface area contributed by atoms with Crippen molar-refractivity contribution < 1.29 is 28.7 Å². The monoisotopic (exact) mass is 407 g/mol. The van der Waals surface area contributed by atoms with Gasteiger partial charge < -0.3 is 9.47 Å². The van der Waals surface area contributed by atoms with Crippen molar-refractivity contribution in [3.63, 3.8) is 0 Å². The first-order chi connectivity index (χ1) is 13.4. The number of carbonyl (C=O) groups is 4. The van der Waals surface area contributed by atoms with Crippen LogP contribution in [-0.4, -0.2) is 53.2 Å². The second-order valence-corrected chi connectivity index (χ2v) is 7.52. The van der Waals surface area contributed by atoms with Gasteiger partial charge in [-0.2, -0.15) is 0 Å². The van der Waals surface area contributed by atoms with Gasteiger partial charge in [-0.3, -0.25) is 14.4 Å². The lowest BCUT2D eigenvalue weighted by Gasteiger charge is -2.43. The average molecular weight is 408 g/mol. The predicted octanol–water partition coefficient (Wildman–Crippen LogP) is 2.31. The number of piperidine rings is 1. The van der Waals surface area contributed by atoms with Crippen molar-refractivity contribution in [1.82, 2.24) is 4.42 Å². The first-order valence-corrected chi connectivity index (χ1v) is 9.55. The number of hydrogen-bond acceptors (Lipinski definition) is 7. The van der Waals surface area contributed by atoms with Crippen LogP contribution < -0.4 is 0 Å². The second-order valence-electron chi connectivity index (χ2n) is 7.15. The zero-order valence-electron chi connectivity index (χ0n) is 15.5. The van der Waals surface area contributed by atoms with Crippen LogP contribution in [0.25, 0.3) is 0 Å². The molecule has 2 aliphatic rings. The van der Waals surface area contributed by atoms with Gasteiger partial charge in [0.1, 0.15) is 5.54 Å². The zero-order chi connectivity index (χ0) is 20.3. The molecule has 7 nitrogen and oxygen atoms in total. The average Bonchev–Trinajstić information content (AvgIpc) is 2.92. The maximum Gasteiger partial charge on any atom is 0.338 e. The molecule has 8 heteroatoms. The van der Waals surface area contributed by atoms with Gasteiger partial charge >= 0.3 is 11.9 Å². The van der Waals surface area contributed by atoms with E-state index in [1.165, 1.54) is 11.5 Å². The van der Waals surface area contributed by atoms with E-state index in [0.29, 0.717) is 32.0 Å². The van der Waals surface area contributed by atoms with Crippen LogP contribution in [0.5, 0.6) is 0 Å². The molecular formula is C20H22ClNO6. The smallest absolute Gasteiger partial charge is 0.338 e. The van der Waals surface area contributed by atoms with E-state index in [9.17, 15) is 19.2 Å². The molecule has 0 spiro atoms. The molecule has 0 radical (unpaired) electrons. The largest absolute Gasteiger partial charge is 0.469 e. The van der Waals surface area contributed by atoms with Crippen LogP contribution in [0.4, 0.5) is 0 Å². The number of aldehydes is 1. The summed E-state index contributed by atoms with van der Waals surface area (Å²) in [4.78, 5) is 49.2. The summed E-state index contributed by atoms with van der Waals surface area (Å²) in [7, 11) is 1.27. The van der Waals surface area contributed by atoms with E-state index in [2.05, 4.69) is 0 Å². The van der Waals surface area contributed by atoms with Crippen LogP contribution >= 0.6 is 11.8 Å². The molecule has 0 aromatic heterocycles. The van der Waals surface area contributed by atoms with Gasteiger partial charge in [0.2, 0.25) is 0 Å². The van der Waals surface area contributed by atoms with E-state index in [4.69, 9.17) is 21.3 Å². The molecule has 4 unspecified atom stereocenters. The van der Waals surface area contributed by atoms with Gasteiger partial charge in [-0.15, -0.1) is 0 Å². The van der Waals surface area contributed by atoms with Crippen molar-refractivity contribution in [3.05, 3.63) is 35.9 Å². The molecule has 2 heterocycles. The molecule has 0 N–H and O–H groups in total. The van der Waals surface area contributed by atoms with Gasteiger partial charge in [0, 0.05) is 6.04 Å². The minimum Gasteiger partial charge on any atom is -0.469 e. The van der Waals surface area contributed by atoms with Crippen molar-refractivity contribution in [2.24, 2.45) is 5.92 Å². The third kappa shape index (κ3) is 3.56. The summed E-state index contributed by atoms with van der Waals surface area (Å²) < 4.78 is 11.5. The lowest BCUT2D eigenvalue weighted by molar-refractivity contribution is -0.157. The maximum atomic E-state index is 13.2. The number of ether oxygens (including phenoxy) is 2. The van der Waals surface area contributed by atoms with E-state index >= 15 is 0 Å². The summed E-state index contributed by atoms with van der Waals surface area (Å²) in [5.74, 6) is -2.29. The Bertz CT molecular complexity index is 769. The molecule has 2 aliphatic heterocycles. The number of ketones is 1. The molecule has 28 heavy (non-hydrogen) atoms. The number of benzene rings is 1. The Morgan fingerprint density at radius 1 is 1.25 bits per heavy atom. The molecule has 1 aromatic rings. The molecule has 1 aromatic carbocycles. The maximum absolute atomic E-state index is 13.2. The quantitative estimate of drug-likeness (QED) is 0.389. The molecular weight excluding hydrogens is 386 g/mol. The van der Waals surface area contributed by atoms with E-state index in [-0.39, 0.29) is 18.0 Å². The highest BCUT2D eigenvalue weighted by Crippen LogP contribution is 2.50. The minimum absolute atomic E-state index is 0.00641. The predicted molar refractivity (Wildman–Crippen MR) is 99.5 cm³/mol. The standard InChI is InChI=1S/C20H22ClNO6/c1-27-19(26)16-8-7-14-9-10-20(16,22(14)21)17(24)11-15(12-23)28-18(25)13-5-3-2-4-6-13/h2-6,12,14-16H,7-11H2,1H3. The Morgan fingerprint density at radius 3 is 2.61 bits per heavy atom. The number of Topliss-reactive ketones (excluding diaryl/α,β-unsaturated/α-hetero) is 1. The number of carbonyl (C=O) groups excluding carboxylic acids is 4. The van der Waals surface area contributed by atoms with Gasteiger partial charge in [-0.05, 0) is 49.6 Å². The topological polar surface area (TPSA) is 90.0 Å². The van der Waals surface area contributed by atoms with Gasteiger partial charge in [0.15, 0.2) is 18.2 Å². The molecule has 0 amide bonds. The third-order valence-electron chi connectivity index (χ3n) is 5.70. The molecule has 2 fully saturated rings. The van der Waals surface area contributed by atoms with Crippen molar-refractivity contribution in [2.45, 2.75) is 49.8 Å². The lowest BCUT2D eigenvalue weighted by Crippen LogP contribution is -2.59. The summed E-state index contributed by atoms with van der Waals surface area (Å²) in [5.41, 5.74) is -0.956. The SMILES string of the molecule is COC(=O)C1CCC2CCC1(C(=O)CC(C=O)OC(=O)c1ccccc1)N2Cl. The van der Waals surface area contributed by atoms with Crippen molar-refractivity contribution >= 4 is 35.8 Å². The van der Waals surface area contributed by atoms with Crippen LogP contribution in [0.15, 0.2) is 30.3 Å². The second kappa shape index (κ2) is 8.41. The van der Waals surface area contributed by atoms with Crippen LogP contribution in [-0.2, 0) is 23.9 Å². The Labute approximate surface area is 168 Å². The highest BCUT2D eigenvalue weighted by Gasteiger charge is 2.61. The van der Waals surface area contributed by atoms with Gasteiger partial charge in [0.25, 0.3) is 0 Å². The highest BCUT2D eigenvalue weighted by molar-refractivity contribution is 6.17. The van der Waals surface area contributed by atoms with Gasteiger partial charge in [-0.25, -0.2) is 9.21 Å². The number of esters is 2. The first kappa shape index (κ1) is 20.5. The van der Waals surface area contributed by atoms with Crippen LogP contribution in [0.3, 0.4) is 0 Å². The first-order valence-electron chi connectivity index (χ1n) is 9.21. The fraction of sp³-hybridized carbons (Fsp3) is 0.500. The van der Waals surface area contributed by atoms with E-state index in [1.807, 2.05) is 0 Å². The lowest BCUT2D eigenvalue weighted by atomic mass is 9.74. The van der Waals surface area contributed by atoms with E-state index in [0.717, 1.165) is 0 Å². The van der Waals surface area contributed by atoms with Crippen molar-refractivity contribution in [3.8, 4) is 0 Å². The van der Waals surface area contributed by atoms with E-state index < -0.39 is 35.3 Å². The third-order valence-corrected chi connectivity index (χ3v) is 6.28. The zero-order valence-corrected chi connectivity index (χ0v) is 16.3. The summed E-state index contributed by atoms with van der Waals surface area (Å²) in [6.07, 6.45) is 1.09. The molecule has 4 atom stereocenters. The number of hydrogen-bond donors (Lipinski definition) is 0. The molecule has 150 valence electrons. The fourth-order valence-electron chi connectivity index (χ4n) is 4.28. The van der Waals surface area contributed by atoms with E-state index in [1.54, 1.807) is 30.3 Å².